The molecule has 28 heavy (non-hydrogen) atoms. The first kappa shape index (κ1) is 21.9. The number of rotatable bonds is 8. The summed E-state index contributed by atoms with van der Waals surface area (Å²) in [6.45, 7) is 1.91. The summed E-state index contributed by atoms with van der Waals surface area (Å²) in [6.07, 6.45) is 9.89. The SMILES string of the molecule is C#CCNS(=O)(=O)c1cccc(C(=O)OC(C)C(=O)NCC2CCCCC2)c1. The summed E-state index contributed by atoms with van der Waals surface area (Å²) >= 11 is 0. The number of nitrogens with one attached hydrogen (secondary N) is 2. The van der Waals surface area contributed by atoms with Crippen LogP contribution in [0.2, 0.25) is 0 Å². The number of carbonyl (C=O) groups is 2. The molecular formula is C20H26N2O5S. The highest BCUT2D eigenvalue weighted by atomic mass is 32.2. The molecule has 1 aromatic rings. The second kappa shape index (κ2) is 10.2. The Kier molecular flexibility index (Phi) is 8.03. The molecule has 1 aliphatic carbocycles. The van der Waals surface area contributed by atoms with Crippen LogP contribution in [-0.2, 0) is 19.6 Å². The lowest BCUT2D eigenvalue weighted by Gasteiger charge is -2.22. The summed E-state index contributed by atoms with van der Waals surface area (Å²) in [6, 6.07) is 5.38. The fourth-order valence-corrected chi connectivity index (χ4v) is 4.05. The van der Waals surface area contributed by atoms with E-state index >= 15 is 0 Å². The minimum absolute atomic E-state index is 0.0375. The van der Waals surface area contributed by atoms with Gasteiger partial charge in [-0.3, -0.25) is 4.79 Å². The van der Waals surface area contributed by atoms with E-state index in [-0.39, 0.29) is 22.9 Å². The second-order valence-electron chi connectivity index (χ2n) is 6.85. The second-order valence-corrected chi connectivity index (χ2v) is 8.62. The van der Waals surface area contributed by atoms with E-state index in [1.165, 1.54) is 50.5 Å². The van der Waals surface area contributed by atoms with Crippen LogP contribution in [0, 0.1) is 18.3 Å². The molecule has 152 valence electrons. The highest BCUT2D eigenvalue weighted by Crippen LogP contribution is 2.22. The molecule has 8 heteroatoms. The number of ether oxygens (including phenoxy) is 1. The Morgan fingerprint density at radius 2 is 2.00 bits per heavy atom. The molecule has 1 amide bonds. The quantitative estimate of drug-likeness (QED) is 0.507. The molecule has 1 aromatic carbocycles. The number of benzene rings is 1. The summed E-state index contributed by atoms with van der Waals surface area (Å²) in [5, 5.41) is 2.83. The van der Waals surface area contributed by atoms with Gasteiger partial charge in [-0.2, -0.15) is 4.72 Å². The molecule has 2 rings (SSSR count). The summed E-state index contributed by atoms with van der Waals surface area (Å²) in [4.78, 5) is 24.4. The van der Waals surface area contributed by atoms with Crippen molar-refractivity contribution in [1.82, 2.24) is 10.0 Å². The van der Waals surface area contributed by atoms with Gasteiger partial charge in [0.15, 0.2) is 6.10 Å². The molecule has 0 aromatic heterocycles. The highest BCUT2D eigenvalue weighted by Gasteiger charge is 2.22. The Balaban J connectivity index is 1.93. The Morgan fingerprint density at radius 3 is 2.68 bits per heavy atom. The number of hydrogen-bond acceptors (Lipinski definition) is 5. The zero-order valence-corrected chi connectivity index (χ0v) is 16.8. The van der Waals surface area contributed by atoms with Crippen molar-refractivity contribution in [2.75, 3.05) is 13.1 Å². The number of terminal acetylenes is 1. The van der Waals surface area contributed by atoms with E-state index in [0.717, 1.165) is 12.8 Å². The highest BCUT2D eigenvalue weighted by molar-refractivity contribution is 7.89. The number of hydrogen-bond donors (Lipinski definition) is 2. The fraction of sp³-hybridized carbons (Fsp3) is 0.500. The molecule has 1 atom stereocenters. The maximum absolute atomic E-state index is 12.3. The van der Waals surface area contributed by atoms with Crippen LogP contribution < -0.4 is 10.0 Å². The maximum atomic E-state index is 12.3. The van der Waals surface area contributed by atoms with Crippen molar-refractivity contribution in [3.63, 3.8) is 0 Å². The van der Waals surface area contributed by atoms with Gasteiger partial charge >= 0.3 is 5.97 Å². The van der Waals surface area contributed by atoms with Gasteiger partial charge in [0.25, 0.3) is 5.91 Å². The molecule has 1 aliphatic rings. The van der Waals surface area contributed by atoms with Crippen molar-refractivity contribution in [3.05, 3.63) is 29.8 Å². The lowest BCUT2D eigenvalue weighted by atomic mass is 9.89. The standard InChI is InChI=1S/C20H26N2O5S/c1-3-12-22-28(25,26)18-11-7-10-17(13-18)20(24)27-15(2)19(23)21-14-16-8-5-4-6-9-16/h1,7,10-11,13,15-16,22H,4-6,8-9,12,14H2,2H3,(H,21,23). The zero-order chi connectivity index (χ0) is 20.6. The summed E-state index contributed by atoms with van der Waals surface area (Å²) in [5.74, 6) is 1.52. The first-order valence-electron chi connectivity index (χ1n) is 9.35. The van der Waals surface area contributed by atoms with Crippen LogP contribution in [0.25, 0.3) is 0 Å². The summed E-state index contributed by atoms with van der Waals surface area (Å²) in [5.41, 5.74) is 0.0375. The van der Waals surface area contributed by atoms with Crippen molar-refractivity contribution in [3.8, 4) is 12.3 Å². The van der Waals surface area contributed by atoms with E-state index < -0.39 is 22.1 Å². The van der Waals surface area contributed by atoms with Gasteiger partial charge in [-0.15, -0.1) is 6.42 Å². The lowest BCUT2D eigenvalue weighted by Crippen LogP contribution is -2.38. The molecule has 0 saturated heterocycles. The van der Waals surface area contributed by atoms with Crippen LogP contribution in [-0.4, -0.2) is 39.5 Å². The minimum Gasteiger partial charge on any atom is -0.449 e. The third-order valence-corrected chi connectivity index (χ3v) is 6.09. The summed E-state index contributed by atoms with van der Waals surface area (Å²) in [7, 11) is -3.82. The number of amides is 1. The van der Waals surface area contributed by atoms with Crippen molar-refractivity contribution < 1.29 is 22.7 Å². The van der Waals surface area contributed by atoms with E-state index in [4.69, 9.17) is 11.2 Å². The molecule has 2 N–H and O–H groups in total. The van der Waals surface area contributed by atoms with Crippen LogP contribution in [0.3, 0.4) is 0 Å². The third kappa shape index (κ3) is 6.36. The molecule has 1 saturated carbocycles. The number of sulfonamides is 1. The van der Waals surface area contributed by atoms with E-state index in [2.05, 4.69) is 16.0 Å². The molecule has 7 nitrogen and oxygen atoms in total. The minimum atomic E-state index is -3.82. The fourth-order valence-electron chi connectivity index (χ4n) is 3.07. The molecule has 1 fully saturated rings. The van der Waals surface area contributed by atoms with E-state index in [9.17, 15) is 18.0 Å². The molecular weight excluding hydrogens is 380 g/mol. The van der Waals surface area contributed by atoms with Crippen LogP contribution in [0.1, 0.15) is 49.4 Å². The monoisotopic (exact) mass is 406 g/mol. The van der Waals surface area contributed by atoms with Crippen LogP contribution in [0.5, 0.6) is 0 Å². The molecule has 1 unspecified atom stereocenters. The Labute approximate surface area is 166 Å². The van der Waals surface area contributed by atoms with Gasteiger partial charge in [0.05, 0.1) is 17.0 Å². The van der Waals surface area contributed by atoms with Crippen LogP contribution in [0.15, 0.2) is 29.2 Å². The van der Waals surface area contributed by atoms with Crippen molar-refractivity contribution in [1.29, 1.82) is 0 Å². The number of carbonyl (C=O) groups excluding carboxylic acids is 2. The first-order valence-corrected chi connectivity index (χ1v) is 10.8. The maximum Gasteiger partial charge on any atom is 0.338 e. The summed E-state index contributed by atoms with van der Waals surface area (Å²) < 4.78 is 31.6. The van der Waals surface area contributed by atoms with Crippen LogP contribution in [0.4, 0.5) is 0 Å². The van der Waals surface area contributed by atoms with Gasteiger partial charge in [-0.25, -0.2) is 13.2 Å². The third-order valence-electron chi connectivity index (χ3n) is 4.69. The van der Waals surface area contributed by atoms with Gasteiger partial charge in [-0.05, 0) is 43.9 Å². The number of esters is 1. The molecule has 0 bridgehead atoms. The Bertz CT molecular complexity index is 838. The van der Waals surface area contributed by atoms with Crippen molar-refractivity contribution in [2.45, 2.75) is 50.0 Å². The van der Waals surface area contributed by atoms with E-state index in [1.807, 2.05) is 0 Å². The first-order chi connectivity index (χ1) is 13.3. The van der Waals surface area contributed by atoms with Gasteiger partial charge < -0.3 is 10.1 Å². The molecule has 0 aliphatic heterocycles. The van der Waals surface area contributed by atoms with E-state index in [1.54, 1.807) is 0 Å². The molecule has 0 spiro atoms. The van der Waals surface area contributed by atoms with Gasteiger partial charge in [0.2, 0.25) is 10.0 Å². The predicted molar refractivity (Wildman–Crippen MR) is 105 cm³/mol. The molecule has 0 radical (unpaired) electrons. The predicted octanol–water partition coefficient (Wildman–Crippen LogP) is 1.84. The normalized spacial score (nSPS) is 16.0. The van der Waals surface area contributed by atoms with E-state index in [0.29, 0.717) is 12.5 Å². The Hall–Kier alpha value is -2.37. The average Bonchev–Trinajstić information content (AvgIpc) is 2.71. The van der Waals surface area contributed by atoms with Gasteiger partial charge in [0, 0.05) is 6.54 Å². The van der Waals surface area contributed by atoms with Crippen LogP contribution >= 0.6 is 0 Å². The smallest absolute Gasteiger partial charge is 0.338 e. The molecule has 0 heterocycles. The van der Waals surface area contributed by atoms with Crippen molar-refractivity contribution >= 4 is 21.9 Å². The average molecular weight is 407 g/mol. The van der Waals surface area contributed by atoms with Gasteiger partial charge in [0.1, 0.15) is 0 Å². The topological polar surface area (TPSA) is 102 Å². The Morgan fingerprint density at radius 1 is 1.29 bits per heavy atom. The zero-order valence-electron chi connectivity index (χ0n) is 15.9. The lowest BCUT2D eigenvalue weighted by molar-refractivity contribution is -0.129. The van der Waals surface area contributed by atoms with Gasteiger partial charge in [-0.1, -0.05) is 31.2 Å². The largest absolute Gasteiger partial charge is 0.449 e. The van der Waals surface area contributed by atoms with Crippen molar-refractivity contribution in [2.24, 2.45) is 5.92 Å².